The highest BCUT2D eigenvalue weighted by atomic mass is 16.6. The van der Waals surface area contributed by atoms with Gasteiger partial charge in [0.2, 0.25) is 0 Å². The summed E-state index contributed by atoms with van der Waals surface area (Å²) in [5.41, 5.74) is 0.0751. The van der Waals surface area contributed by atoms with Gasteiger partial charge in [0.15, 0.2) is 5.75 Å². The van der Waals surface area contributed by atoms with E-state index in [0.717, 1.165) is 0 Å². The summed E-state index contributed by atoms with van der Waals surface area (Å²) >= 11 is 0. The van der Waals surface area contributed by atoms with Crippen LogP contribution in [0.1, 0.15) is 24.2 Å². The van der Waals surface area contributed by atoms with Crippen LogP contribution < -0.4 is 4.74 Å². The molecule has 5 nitrogen and oxygen atoms in total. The molecule has 0 aliphatic heterocycles. The summed E-state index contributed by atoms with van der Waals surface area (Å²) in [6.07, 6.45) is 0.414. The number of aldehydes is 1. The van der Waals surface area contributed by atoms with E-state index in [9.17, 15) is 14.9 Å². The second-order valence-electron chi connectivity index (χ2n) is 3.27. The average molecular weight is 209 g/mol. The van der Waals surface area contributed by atoms with Crippen molar-refractivity contribution in [3.63, 3.8) is 0 Å². The van der Waals surface area contributed by atoms with Crippen LogP contribution in [0.15, 0.2) is 18.2 Å². The number of hydrogen-bond acceptors (Lipinski definition) is 4. The van der Waals surface area contributed by atoms with E-state index in [1.807, 2.05) is 0 Å². The van der Waals surface area contributed by atoms with Crippen molar-refractivity contribution >= 4 is 12.0 Å². The van der Waals surface area contributed by atoms with Gasteiger partial charge in [-0.05, 0) is 26.0 Å². The van der Waals surface area contributed by atoms with Crippen molar-refractivity contribution in [2.24, 2.45) is 0 Å². The maximum absolute atomic E-state index is 10.7. The lowest BCUT2D eigenvalue weighted by molar-refractivity contribution is -0.386. The zero-order valence-corrected chi connectivity index (χ0v) is 8.47. The summed E-state index contributed by atoms with van der Waals surface area (Å²) in [5, 5.41) is 10.7. The first-order valence-electron chi connectivity index (χ1n) is 4.45. The van der Waals surface area contributed by atoms with Gasteiger partial charge in [-0.1, -0.05) is 0 Å². The molecule has 0 aliphatic carbocycles. The number of benzene rings is 1. The molecule has 0 N–H and O–H groups in total. The molecule has 0 aliphatic rings. The molecule has 0 saturated heterocycles. The Morgan fingerprint density at radius 1 is 1.47 bits per heavy atom. The fourth-order valence-corrected chi connectivity index (χ4v) is 1.10. The average Bonchev–Trinajstić information content (AvgIpc) is 2.17. The third-order valence-electron chi connectivity index (χ3n) is 1.68. The standard InChI is InChI=1S/C10H11NO4/c1-7(2)15-10-4-3-8(6-12)5-9(10)11(13)14/h3-7H,1-2H3. The van der Waals surface area contributed by atoms with E-state index in [1.54, 1.807) is 13.8 Å². The van der Waals surface area contributed by atoms with Gasteiger partial charge in [0.05, 0.1) is 11.0 Å². The molecule has 0 unspecified atom stereocenters. The van der Waals surface area contributed by atoms with Crippen LogP contribution >= 0.6 is 0 Å². The summed E-state index contributed by atoms with van der Waals surface area (Å²) < 4.78 is 5.25. The first kappa shape index (κ1) is 11.2. The summed E-state index contributed by atoms with van der Waals surface area (Å²) in [5.74, 6) is 0.181. The Balaban J connectivity index is 3.14. The van der Waals surface area contributed by atoms with E-state index in [0.29, 0.717) is 6.29 Å². The van der Waals surface area contributed by atoms with E-state index in [4.69, 9.17) is 4.74 Å². The Kier molecular flexibility index (Phi) is 3.38. The molecule has 1 aromatic carbocycles. The second kappa shape index (κ2) is 4.54. The number of carbonyl (C=O) groups excluding carboxylic acids is 1. The lowest BCUT2D eigenvalue weighted by atomic mass is 10.2. The van der Waals surface area contributed by atoms with Crippen molar-refractivity contribution in [3.8, 4) is 5.75 Å². The predicted octanol–water partition coefficient (Wildman–Crippen LogP) is 2.19. The van der Waals surface area contributed by atoms with Crippen molar-refractivity contribution < 1.29 is 14.5 Å². The van der Waals surface area contributed by atoms with Crippen LogP contribution in [0.5, 0.6) is 5.75 Å². The normalized spacial score (nSPS) is 10.1. The zero-order valence-electron chi connectivity index (χ0n) is 8.47. The second-order valence-corrected chi connectivity index (χ2v) is 3.27. The van der Waals surface area contributed by atoms with Crippen LogP contribution in [0, 0.1) is 10.1 Å². The van der Waals surface area contributed by atoms with Gasteiger partial charge < -0.3 is 4.74 Å². The molecule has 0 aromatic heterocycles. The number of nitro benzene ring substituents is 1. The fourth-order valence-electron chi connectivity index (χ4n) is 1.10. The highest BCUT2D eigenvalue weighted by Gasteiger charge is 2.16. The molecular weight excluding hydrogens is 198 g/mol. The minimum absolute atomic E-state index is 0.147. The van der Waals surface area contributed by atoms with Crippen LogP contribution in [0.25, 0.3) is 0 Å². The minimum Gasteiger partial charge on any atom is -0.484 e. The van der Waals surface area contributed by atoms with Crippen molar-refractivity contribution in [2.75, 3.05) is 0 Å². The van der Waals surface area contributed by atoms with Gasteiger partial charge in [-0.15, -0.1) is 0 Å². The van der Waals surface area contributed by atoms with Crippen LogP contribution in [0.2, 0.25) is 0 Å². The van der Waals surface area contributed by atoms with Gasteiger partial charge in [0, 0.05) is 11.6 Å². The minimum atomic E-state index is -0.565. The third kappa shape index (κ3) is 2.77. The number of ether oxygens (including phenoxy) is 1. The molecule has 0 bridgehead atoms. The van der Waals surface area contributed by atoms with Gasteiger partial charge in [-0.3, -0.25) is 14.9 Å². The topological polar surface area (TPSA) is 69.4 Å². The van der Waals surface area contributed by atoms with Crippen molar-refractivity contribution in [3.05, 3.63) is 33.9 Å². The highest BCUT2D eigenvalue weighted by molar-refractivity contribution is 5.77. The predicted molar refractivity (Wildman–Crippen MR) is 54.2 cm³/mol. The van der Waals surface area contributed by atoms with E-state index in [1.165, 1.54) is 18.2 Å². The summed E-state index contributed by atoms with van der Waals surface area (Å²) in [7, 11) is 0. The molecule has 0 atom stereocenters. The Hall–Kier alpha value is -1.91. The Morgan fingerprint density at radius 2 is 2.13 bits per heavy atom. The summed E-state index contributed by atoms with van der Waals surface area (Å²) in [4.78, 5) is 20.6. The quantitative estimate of drug-likeness (QED) is 0.433. The fraction of sp³-hybridized carbons (Fsp3) is 0.300. The molecule has 0 amide bonds. The molecule has 1 rings (SSSR count). The molecule has 1 aromatic rings. The van der Waals surface area contributed by atoms with Gasteiger partial charge >= 0.3 is 5.69 Å². The van der Waals surface area contributed by atoms with Gasteiger partial charge in [-0.2, -0.15) is 0 Å². The number of nitrogens with zero attached hydrogens (tertiary/aromatic N) is 1. The molecule has 0 spiro atoms. The molecule has 80 valence electrons. The molecular formula is C10H11NO4. The van der Waals surface area contributed by atoms with Crippen LogP contribution in [-0.2, 0) is 0 Å². The van der Waals surface area contributed by atoms with Crippen LogP contribution in [-0.4, -0.2) is 17.3 Å². The molecule has 0 heterocycles. The molecule has 0 radical (unpaired) electrons. The number of rotatable bonds is 4. The Morgan fingerprint density at radius 3 is 2.60 bits per heavy atom. The molecule has 0 fully saturated rings. The maximum atomic E-state index is 10.7. The van der Waals surface area contributed by atoms with Crippen molar-refractivity contribution in [1.29, 1.82) is 0 Å². The van der Waals surface area contributed by atoms with Gasteiger partial charge in [-0.25, -0.2) is 0 Å². The van der Waals surface area contributed by atoms with Gasteiger partial charge in [0.25, 0.3) is 0 Å². The molecule has 5 heteroatoms. The Labute approximate surface area is 86.8 Å². The third-order valence-corrected chi connectivity index (χ3v) is 1.68. The summed E-state index contributed by atoms with van der Waals surface area (Å²) in [6.45, 7) is 3.55. The van der Waals surface area contributed by atoms with E-state index >= 15 is 0 Å². The lowest BCUT2D eigenvalue weighted by Crippen LogP contribution is -2.07. The SMILES string of the molecule is CC(C)Oc1ccc(C=O)cc1[N+](=O)[O-]. The largest absolute Gasteiger partial charge is 0.484 e. The maximum Gasteiger partial charge on any atom is 0.311 e. The molecule has 15 heavy (non-hydrogen) atoms. The summed E-state index contributed by atoms with van der Waals surface area (Å²) in [6, 6.07) is 4.12. The first-order chi connectivity index (χ1) is 7.04. The smallest absolute Gasteiger partial charge is 0.311 e. The monoisotopic (exact) mass is 209 g/mol. The van der Waals surface area contributed by atoms with E-state index < -0.39 is 4.92 Å². The number of hydrogen-bond donors (Lipinski definition) is 0. The van der Waals surface area contributed by atoms with E-state index in [-0.39, 0.29) is 23.1 Å². The van der Waals surface area contributed by atoms with Crippen LogP contribution in [0.4, 0.5) is 5.69 Å². The first-order valence-corrected chi connectivity index (χ1v) is 4.45. The zero-order chi connectivity index (χ0) is 11.4. The number of nitro groups is 1. The van der Waals surface area contributed by atoms with Crippen molar-refractivity contribution in [1.82, 2.24) is 0 Å². The highest BCUT2D eigenvalue weighted by Crippen LogP contribution is 2.28. The van der Waals surface area contributed by atoms with Gasteiger partial charge in [0.1, 0.15) is 6.29 Å². The Bertz CT molecular complexity index is 387. The lowest BCUT2D eigenvalue weighted by Gasteiger charge is -2.09. The van der Waals surface area contributed by atoms with Crippen molar-refractivity contribution in [2.45, 2.75) is 20.0 Å². The van der Waals surface area contributed by atoms with E-state index in [2.05, 4.69) is 0 Å². The van der Waals surface area contributed by atoms with Crippen LogP contribution in [0.3, 0.4) is 0 Å². The molecule has 0 saturated carbocycles. The number of carbonyl (C=O) groups is 1.